The molecule has 0 saturated heterocycles. The molecule has 0 aliphatic carbocycles. The number of aromatic nitrogens is 3. The Morgan fingerprint density at radius 2 is 1.63 bits per heavy atom. The molecule has 35 heavy (non-hydrogen) atoms. The van der Waals surface area contributed by atoms with Gasteiger partial charge < -0.3 is 14.6 Å². The quantitative estimate of drug-likeness (QED) is 0.218. The van der Waals surface area contributed by atoms with Gasteiger partial charge in [-0.15, -0.1) is 11.3 Å². The van der Waals surface area contributed by atoms with Crippen LogP contribution in [0.4, 0.5) is 0 Å². The van der Waals surface area contributed by atoms with Gasteiger partial charge in [0.1, 0.15) is 0 Å². The highest BCUT2D eigenvalue weighted by Crippen LogP contribution is 2.42. The number of hydrogen-bond acceptors (Lipinski definition) is 8. The monoisotopic (exact) mass is 507 g/mol. The van der Waals surface area contributed by atoms with Crippen molar-refractivity contribution in [3.05, 3.63) is 71.3 Å². The molecule has 0 atom stereocenters. The molecule has 4 rings (SSSR count). The first-order valence-corrected chi connectivity index (χ1v) is 13.0. The number of methoxy groups -OCH3 is 2. The number of thiophene rings is 1. The Hall–Kier alpha value is -2.94. The molecule has 182 valence electrons. The van der Waals surface area contributed by atoms with Gasteiger partial charge in [0, 0.05) is 50.4 Å². The molecule has 0 unspecified atom stereocenters. The molecule has 0 aliphatic rings. The Morgan fingerprint density at radius 3 is 2.29 bits per heavy atom. The SMILES string of the molecule is COc1ccc(-c2cc(CSc3nc(C)cc(C)n3)c(-c3cncc(C(C)(C)O)c3)s2)cc1OC. The molecule has 1 aromatic carbocycles. The zero-order chi connectivity index (χ0) is 25.2. The van der Waals surface area contributed by atoms with Crippen molar-refractivity contribution in [1.82, 2.24) is 15.0 Å². The Kier molecular flexibility index (Phi) is 7.44. The molecule has 0 spiro atoms. The van der Waals surface area contributed by atoms with E-state index in [-0.39, 0.29) is 0 Å². The summed E-state index contributed by atoms with van der Waals surface area (Å²) in [4.78, 5) is 15.8. The third-order valence-electron chi connectivity index (χ3n) is 5.50. The third kappa shape index (κ3) is 5.83. The lowest BCUT2D eigenvalue weighted by molar-refractivity contribution is 0.0783. The van der Waals surface area contributed by atoms with Crippen LogP contribution in [0.15, 0.2) is 53.9 Å². The number of thioether (sulfide) groups is 1. The molecule has 0 amide bonds. The van der Waals surface area contributed by atoms with E-state index in [9.17, 15) is 5.11 Å². The molecule has 0 saturated carbocycles. The summed E-state index contributed by atoms with van der Waals surface area (Å²) in [7, 11) is 3.27. The summed E-state index contributed by atoms with van der Waals surface area (Å²) in [5.74, 6) is 2.08. The summed E-state index contributed by atoms with van der Waals surface area (Å²) in [6.07, 6.45) is 3.56. The van der Waals surface area contributed by atoms with Gasteiger partial charge in [0.2, 0.25) is 0 Å². The fraction of sp³-hybridized carbons (Fsp3) is 0.296. The van der Waals surface area contributed by atoms with Crippen LogP contribution in [-0.4, -0.2) is 34.3 Å². The van der Waals surface area contributed by atoms with E-state index in [2.05, 4.69) is 21.0 Å². The predicted molar refractivity (Wildman–Crippen MR) is 142 cm³/mol. The van der Waals surface area contributed by atoms with Gasteiger partial charge in [0.05, 0.1) is 19.8 Å². The predicted octanol–water partition coefficient (Wildman–Crippen LogP) is 6.42. The molecule has 0 radical (unpaired) electrons. The molecule has 8 heteroatoms. The van der Waals surface area contributed by atoms with Crippen LogP contribution in [0, 0.1) is 13.8 Å². The van der Waals surface area contributed by atoms with Gasteiger partial charge in [-0.05, 0) is 75.2 Å². The molecule has 6 nitrogen and oxygen atoms in total. The van der Waals surface area contributed by atoms with E-state index in [1.165, 1.54) is 0 Å². The smallest absolute Gasteiger partial charge is 0.188 e. The molecule has 1 N–H and O–H groups in total. The zero-order valence-corrected chi connectivity index (χ0v) is 22.4. The van der Waals surface area contributed by atoms with Gasteiger partial charge in [-0.1, -0.05) is 11.8 Å². The van der Waals surface area contributed by atoms with E-state index >= 15 is 0 Å². The average molecular weight is 508 g/mol. The van der Waals surface area contributed by atoms with E-state index in [4.69, 9.17) is 9.47 Å². The Balaban J connectivity index is 1.77. The summed E-state index contributed by atoms with van der Waals surface area (Å²) in [6, 6.07) is 12.1. The summed E-state index contributed by atoms with van der Waals surface area (Å²) in [5, 5.41) is 11.3. The van der Waals surface area contributed by atoms with Crippen molar-refractivity contribution in [2.24, 2.45) is 0 Å². The van der Waals surface area contributed by atoms with Crippen molar-refractivity contribution in [3.8, 4) is 32.4 Å². The van der Waals surface area contributed by atoms with Crippen molar-refractivity contribution in [3.63, 3.8) is 0 Å². The first-order chi connectivity index (χ1) is 16.7. The second kappa shape index (κ2) is 10.4. The lowest BCUT2D eigenvalue weighted by Crippen LogP contribution is -2.15. The molecular weight excluding hydrogens is 478 g/mol. The van der Waals surface area contributed by atoms with Crippen LogP contribution in [-0.2, 0) is 11.4 Å². The maximum absolute atomic E-state index is 10.5. The van der Waals surface area contributed by atoms with Crippen molar-refractivity contribution in [2.75, 3.05) is 14.2 Å². The van der Waals surface area contributed by atoms with E-state index in [1.54, 1.807) is 57.4 Å². The lowest BCUT2D eigenvalue weighted by Gasteiger charge is -2.18. The minimum Gasteiger partial charge on any atom is -0.493 e. The van der Waals surface area contributed by atoms with Crippen LogP contribution in [0.25, 0.3) is 20.9 Å². The number of aryl methyl sites for hydroxylation is 2. The van der Waals surface area contributed by atoms with Crippen LogP contribution in [0.5, 0.6) is 11.5 Å². The topological polar surface area (TPSA) is 77.4 Å². The van der Waals surface area contributed by atoms with Gasteiger partial charge in [0.15, 0.2) is 16.7 Å². The van der Waals surface area contributed by atoms with Crippen molar-refractivity contribution < 1.29 is 14.6 Å². The first-order valence-electron chi connectivity index (χ1n) is 11.2. The van der Waals surface area contributed by atoms with Crippen molar-refractivity contribution in [1.29, 1.82) is 0 Å². The number of pyridine rings is 1. The van der Waals surface area contributed by atoms with Gasteiger partial charge in [-0.25, -0.2) is 9.97 Å². The van der Waals surface area contributed by atoms with Crippen molar-refractivity contribution in [2.45, 2.75) is 44.2 Å². The second-order valence-electron chi connectivity index (χ2n) is 8.78. The average Bonchev–Trinajstić information content (AvgIpc) is 3.25. The third-order valence-corrected chi connectivity index (χ3v) is 7.67. The fourth-order valence-electron chi connectivity index (χ4n) is 3.71. The highest BCUT2D eigenvalue weighted by atomic mass is 32.2. The zero-order valence-electron chi connectivity index (χ0n) is 20.7. The van der Waals surface area contributed by atoms with Gasteiger partial charge in [-0.2, -0.15) is 0 Å². The Labute approximate surface area is 214 Å². The van der Waals surface area contributed by atoms with Crippen molar-refractivity contribution >= 4 is 23.1 Å². The minimum atomic E-state index is -0.978. The Morgan fingerprint density at radius 1 is 0.914 bits per heavy atom. The molecule has 3 heterocycles. The number of nitrogens with zero attached hydrogens (tertiary/aromatic N) is 3. The van der Waals surface area contributed by atoms with E-state index in [0.717, 1.165) is 48.6 Å². The number of rotatable bonds is 8. The number of aliphatic hydroxyl groups is 1. The highest BCUT2D eigenvalue weighted by molar-refractivity contribution is 7.98. The summed E-state index contributed by atoms with van der Waals surface area (Å²) in [6.45, 7) is 7.51. The standard InChI is InChI=1S/C27H29N3O3S2/c1-16-9-17(2)30-26(29-16)34-15-20-12-24(18-7-8-22(32-5)23(11-18)33-6)35-25(20)19-10-21(14-28-13-19)27(3,4)31/h7-14,31H,15H2,1-6H3. The maximum atomic E-state index is 10.5. The Bertz CT molecular complexity index is 1330. The molecule has 0 fully saturated rings. The molecular formula is C27H29N3O3S2. The number of benzene rings is 1. The fourth-order valence-corrected chi connectivity index (χ4v) is 5.89. The highest BCUT2D eigenvalue weighted by Gasteiger charge is 2.20. The van der Waals surface area contributed by atoms with Crippen LogP contribution in [0.2, 0.25) is 0 Å². The molecule has 0 bridgehead atoms. The van der Waals surface area contributed by atoms with Crippen LogP contribution < -0.4 is 9.47 Å². The van der Waals surface area contributed by atoms with Gasteiger partial charge in [0.25, 0.3) is 0 Å². The van der Waals surface area contributed by atoms with Gasteiger partial charge in [-0.3, -0.25) is 4.98 Å². The second-order valence-corrected chi connectivity index (χ2v) is 10.8. The summed E-state index contributed by atoms with van der Waals surface area (Å²) < 4.78 is 10.9. The number of hydrogen-bond donors (Lipinski definition) is 1. The molecule has 3 aromatic heterocycles. The lowest BCUT2D eigenvalue weighted by atomic mass is 9.98. The van der Waals surface area contributed by atoms with Crippen LogP contribution in [0.3, 0.4) is 0 Å². The molecule has 4 aromatic rings. The van der Waals surface area contributed by atoms with Crippen LogP contribution in [0.1, 0.15) is 36.4 Å². The number of ether oxygens (including phenoxy) is 2. The summed E-state index contributed by atoms with van der Waals surface area (Å²) in [5.41, 5.74) is 4.87. The molecule has 0 aliphatic heterocycles. The van der Waals surface area contributed by atoms with E-state index in [0.29, 0.717) is 17.3 Å². The van der Waals surface area contributed by atoms with E-state index in [1.807, 2.05) is 50.4 Å². The summed E-state index contributed by atoms with van der Waals surface area (Å²) >= 11 is 3.30. The van der Waals surface area contributed by atoms with Gasteiger partial charge >= 0.3 is 0 Å². The van der Waals surface area contributed by atoms with E-state index < -0.39 is 5.60 Å². The first kappa shape index (κ1) is 25.2. The normalized spacial score (nSPS) is 11.5. The minimum absolute atomic E-state index is 0.685. The largest absolute Gasteiger partial charge is 0.493 e. The maximum Gasteiger partial charge on any atom is 0.188 e. The van der Waals surface area contributed by atoms with Crippen LogP contribution >= 0.6 is 23.1 Å².